The van der Waals surface area contributed by atoms with Crippen molar-refractivity contribution >= 4 is 18.0 Å². The molecule has 9 atom stereocenters. The predicted molar refractivity (Wildman–Crippen MR) is 174 cm³/mol. The lowest BCUT2D eigenvalue weighted by molar-refractivity contribution is -0.211. The summed E-state index contributed by atoms with van der Waals surface area (Å²) < 4.78 is 6.19. The Morgan fingerprint density at radius 2 is 1.55 bits per heavy atom. The quantitative estimate of drug-likeness (QED) is 0.204. The molecule has 1 aromatic carbocycles. The first-order valence-corrected chi connectivity index (χ1v) is 17.1. The van der Waals surface area contributed by atoms with E-state index in [0.29, 0.717) is 17.8 Å². The highest BCUT2D eigenvalue weighted by Crippen LogP contribution is 2.75. The summed E-state index contributed by atoms with van der Waals surface area (Å²) in [5.41, 5.74) is 2.25. The maximum Gasteiger partial charge on any atom is 0.331 e. The number of benzene rings is 1. The van der Waals surface area contributed by atoms with Crippen molar-refractivity contribution in [2.75, 3.05) is 0 Å². The van der Waals surface area contributed by atoms with Crippen molar-refractivity contribution in [2.45, 2.75) is 119 Å². The molecular weight excluding hydrogens is 548 g/mol. The van der Waals surface area contributed by atoms with Crippen LogP contribution in [0.2, 0.25) is 0 Å². The average molecular weight is 603 g/mol. The molecule has 6 rings (SSSR count). The molecule has 4 saturated carbocycles. The van der Waals surface area contributed by atoms with Crippen LogP contribution in [-0.4, -0.2) is 28.3 Å². The van der Waals surface area contributed by atoms with E-state index in [9.17, 15) is 19.8 Å². The summed E-state index contributed by atoms with van der Waals surface area (Å²) in [6, 6.07) is 6.80. The molecule has 0 radical (unpaired) electrons. The second-order valence-corrected chi connectivity index (χ2v) is 17.3. The molecule has 5 heteroatoms. The maximum absolute atomic E-state index is 13.0. The number of carbonyl (C=O) groups is 2. The van der Waals surface area contributed by atoms with Crippen molar-refractivity contribution in [3.8, 4) is 5.75 Å². The highest BCUT2D eigenvalue weighted by Gasteiger charge is 2.68. The number of carboxylic acid groups (broad SMARTS) is 1. The van der Waals surface area contributed by atoms with Gasteiger partial charge in [-0.05, 0) is 134 Å². The third kappa shape index (κ3) is 4.53. The fourth-order valence-corrected chi connectivity index (χ4v) is 11.7. The van der Waals surface area contributed by atoms with E-state index in [1.165, 1.54) is 18.9 Å². The molecule has 5 aliphatic rings. The normalized spacial score (nSPS) is 44.4. The zero-order valence-corrected chi connectivity index (χ0v) is 28.0. The van der Waals surface area contributed by atoms with Gasteiger partial charge in [0.1, 0.15) is 11.9 Å². The first-order chi connectivity index (χ1) is 20.5. The van der Waals surface area contributed by atoms with Crippen LogP contribution in [0.15, 0.2) is 42.0 Å². The number of phenolic OH excluding ortho intramolecular Hbond substituents is 1. The van der Waals surface area contributed by atoms with Crippen LogP contribution in [0.25, 0.3) is 6.08 Å². The number of hydrogen-bond acceptors (Lipinski definition) is 4. The van der Waals surface area contributed by atoms with Gasteiger partial charge in [0.05, 0.1) is 5.41 Å². The Kier molecular flexibility index (Phi) is 7.30. The summed E-state index contributed by atoms with van der Waals surface area (Å²) in [6.07, 6.45) is 16.0. The SMILES string of the molecule is CC1(C)[C@H](OC(=O)/C=C/c2ccc(O)cc2)CC[C@]2(C)[C@H]3CC=C4[C@@H]5C[C@@](C)(C(=O)O)CC[C@]5(C)CC[C@@]4(C)[C@]3(C)CC[C@@H]12. The molecule has 1 aromatic rings. The number of ether oxygens (including phenoxy) is 1. The minimum atomic E-state index is -0.635. The Morgan fingerprint density at radius 1 is 0.864 bits per heavy atom. The zero-order chi connectivity index (χ0) is 31.9. The van der Waals surface area contributed by atoms with Gasteiger partial charge in [0.15, 0.2) is 0 Å². The van der Waals surface area contributed by atoms with Crippen LogP contribution in [0.5, 0.6) is 5.75 Å². The van der Waals surface area contributed by atoms with Crippen molar-refractivity contribution in [3.05, 3.63) is 47.6 Å². The molecule has 0 bridgehead atoms. The number of fused-ring (bicyclic) bond motifs is 7. The van der Waals surface area contributed by atoms with Crippen LogP contribution in [0.3, 0.4) is 0 Å². The van der Waals surface area contributed by atoms with Gasteiger partial charge in [-0.3, -0.25) is 4.79 Å². The lowest BCUT2D eigenvalue weighted by Crippen LogP contribution is -2.64. The van der Waals surface area contributed by atoms with Crippen molar-refractivity contribution in [1.82, 2.24) is 0 Å². The Bertz CT molecular complexity index is 1390. The lowest BCUT2D eigenvalue weighted by Gasteiger charge is -2.71. The molecule has 0 amide bonds. The van der Waals surface area contributed by atoms with E-state index >= 15 is 0 Å². The summed E-state index contributed by atoms with van der Waals surface area (Å²) in [7, 11) is 0. The summed E-state index contributed by atoms with van der Waals surface area (Å²) >= 11 is 0. The van der Waals surface area contributed by atoms with Gasteiger partial charge < -0.3 is 14.9 Å². The highest BCUT2D eigenvalue weighted by molar-refractivity contribution is 5.87. The molecule has 5 nitrogen and oxygen atoms in total. The molecule has 44 heavy (non-hydrogen) atoms. The number of hydrogen-bond donors (Lipinski definition) is 2. The van der Waals surface area contributed by atoms with Gasteiger partial charge >= 0.3 is 11.9 Å². The molecule has 0 heterocycles. The van der Waals surface area contributed by atoms with E-state index in [1.54, 1.807) is 35.9 Å². The number of carbonyl (C=O) groups excluding carboxylic acids is 1. The predicted octanol–water partition coefficient (Wildman–Crippen LogP) is 9.20. The standard InChI is InChI=1S/C39H54O5/c1-34(2)29-16-19-39(7)30(37(29,5)18-17-31(34)44-32(41)15-10-25-8-11-26(40)12-9-25)14-13-27-28-24-36(4,33(42)43)21-20-35(28,3)22-23-38(27,39)6/h8-13,15,28-31,40H,14,16-24H2,1-7H3,(H,42,43)/b15-10+/t28-,29-,30+,31+,35+,36-,37-,38+,39+/m0/s1. The first-order valence-electron chi connectivity index (χ1n) is 17.1. The number of phenols is 1. The second-order valence-electron chi connectivity index (χ2n) is 17.3. The number of carboxylic acids is 1. The van der Waals surface area contributed by atoms with Crippen molar-refractivity contribution in [1.29, 1.82) is 0 Å². The van der Waals surface area contributed by atoms with Gasteiger partial charge in [0, 0.05) is 11.5 Å². The smallest absolute Gasteiger partial charge is 0.331 e. The van der Waals surface area contributed by atoms with Gasteiger partial charge in [-0.1, -0.05) is 65.3 Å². The second kappa shape index (κ2) is 10.2. The lowest BCUT2D eigenvalue weighted by atomic mass is 9.33. The third-order valence-electron chi connectivity index (χ3n) is 14.9. The topological polar surface area (TPSA) is 83.8 Å². The molecule has 4 fully saturated rings. The summed E-state index contributed by atoms with van der Waals surface area (Å²) in [5, 5.41) is 19.7. The van der Waals surface area contributed by atoms with Crippen LogP contribution >= 0.6 is 0 Å². The highest BCUT2D eigenvalue weighted by atomic mass is 16.5. The molecule has 2 N–H and O–H groups in total. The zero-order valence-electron chi connectivity index (χ0n) is 28.0. The molecule has 0 unspecified atom stereocenters. The van der Waals surface area contributed by atoms with E-state index in [-0.39, 0.29) is 44.9 Å². The summed E-state index contributed by atoms with van der Waals surface area (Å²) in [5.74, 6) is 0.626. The van der Waals surface area contributed by atoms with E-state index < -0.39 is 11.4 Å². The van der Waals surface area contributed by atoms with Crippen LogP contribution < -0.4 is 0 Å². The van der Waals surface area contributed by atoms with Crippen LogP contribution in [-0.2, 0) is 14.3 Å². The Labute approximate surface area is 264 Å². The number of aromatic hydroxyl groups is 1. The van der Waals surface area contributed by atoms with Crippen molar-refractivity contribution in [3.63, 3.8) is 0 Å². The molecule has 0 spiro atoms. The fourth-order valence-electron chi connectivity index (χ4n) is 11.7. The molecule has 0 saturated heterocycles. The van der Waals surface area contributed by atoms with Gasteiger partial charge in [-0.25, -0.2) is 4.79 Å². The Morgan fingerprint density at radius 3 is 2.23 bits per heavy atom. The van der Waals surface area contributed by atoms with Crippen LogP contribution in [0.1, 0.15) is 118 Å². The van der Waals surface area contributed by atoms with E-state index in [1.807, 2.05) is 6.92 Å². The number of allylic oxidation sites excluding steroid dienone is 2. The van der Waals surface area contributed by atoms with Gasteiger partial charge in [-0.2, -0.15) is 0 Å². The molecule has 240 valence electrons. The van der Waals surface area contributed by atoms with E-state index in [2.05, 4.69) is 47.6 Å². The van der Waals surface area contributed by atoms with Crippen molar-refractivity contribution < 1.29 is 24.5 Å². The monoisotopic (exact) mass is 602 g/mol. The summed E-state index contributed by atoms with van der Waals surface area (Å²) in [4.78, 5) is 25.4. The Balaban J connectivity index is 1.25. The van der Waals surface area contributed by atoms with Gasteiger partial charge in [0.2, 0.25) is 0 Å². The molecule has 0 aromatic heterocycles. The molecular formula is C39H54O5. The number of aliphatic carboxylic acids is 1. The van der Waals surface area contributed by atoms with Crippen LogP contribution in [0.4, 0.5) is 0 Å². The largest absolute Gasteiger partial charge is 0.508 e. The Hall–Kier alpha value is -2.56. The maximum atomic E-state index is 13.0. The summed E-state index contributed by atoms with van der Waals surface area (Å²) in [6.45, 7) is 16.7. The molecule has 0 aliphatic heterocycles. The molecule has 5 aliphatic carbocycles. The first kappa shape index (κ1) is 31.4. The van der Waals surface area contributed by atoms with Gasteiger partial charge in [0.25, 0.3) is 0 Å². The van der Waals surface area contributed by atoms with E-state index in [0.717, 1.165) is 56.9 Å². The number of esters is 1. The number of rotatable bonds is 4. The minimum absolute atomic E-state index is 0.0807. The van der Waals surface area contributed by atoms with Crippen molar-refractivity contribution in [2.24, 2.45) is 50.2 Å². The average Bonchev–Trinajstić information content (AvgIpc) is 2.95. The fraction of sp³-hybridized carbons (Fsp3) is 0.692. The third-order valence-corrected chi connectivity index (χ3v) is 14.9. The van der Waals surface area contributed by atoms with Gasteiger partial charge in [-0.15, -0.1) is 0 Å². The minimum Gasteiger partial charge on any atom is -0.508 e. The van der Waals surface area contributed by atoms with Crippen LogP contribution in [0, 0.1) is 50.2 Å². The van der Waals surface area contributed by atoms with E-state index in [4.69, 9.17) is 4.74 Å².